The Labute approximate surface area is 245 Å². The summed E-state index contributed by atoms with van der Waals surface area (Å²) in [4.78, 5) is 5.28. The van der Waals surface area contributed by atoms with Gasteiger partial charge in [0.2, 0.25) is 5.89 Å². The first-order valence-corrected chi connectivity index (χ1v) is 14.8. The van der Waals surface area contributed by atoms with Crippen molar-refractivity contribution in [2.75, 3.05) is 0 Å². The average molecular weight is 543 g/mol. The zero-order chi connectivity index (χ0) is 29.1. The van der Waals surface area contributed by atoms with E-state index < -0.39 is 0 Å². The number of rotatable bonds is 8. The molecule has 0 radical (unpaired) electrons. The number of benzene rings is 3. The molecular weight excluding hydrogens is 500 g/mol. The maximum Gasteiger partial charge on any atom is 0.222 e. The molecule has 0 aliphatic heterocycles. The summed E-state index contributed by atoms with van der Waals surface area (Å²) in [5.74, 6) is 2.22. The lowest BCUT2D eigenvalue weighted by molar-refractivity contribution is 0.452. The fourth-order valence-corrected chi connectivity index (χ4v) is 6.00. The summed E-state index contributed by atoms with van der Waals surface area (Å²) >= 11 is 0. The van der Waals surface area contributed by atoms with Gasteiger partial charge < -0.3 is 9.73 Å². The fraction of sp³-hybridized carbons (Fsp3) is 0.289. The molecule has 0 bridgehead atoms. The maximum absolute atomic E-state index is 6.85. The molecule has 0 amide bonds. The molecule has 3 aromatic carbocycles. The molecular formula is C38H42N2O. The van der Waals surface area contributed by atoms with Crippen molar-refractivity contribution < 1.29 is 4.42 Å². The van der Waals surface area contributed by atoms with Gasteiger partial charge in [-0.05, 0) is 66.9 Å². The normalized spacial score (nSPS) is 14.4. The van der Waals surface area contributed by atoms with E-state index in [4.69, 9.17) is 9.40 Å². The molecule has 1 N–H and O–H groups in total. The topological polar surface area (TPSA) is 38.1 Å². The smallest absolute Gasteiger partial charge is 0.222 e. The van der Waals surface area contributed by atoms with E-state index in [2.05, 4.69) is 121 Å². The van der Waals surface area contributed by atoms with Crippen molar-refractivity contribution in [2.24, 2.45) is 11.8 Å². The second kappa shape index (κ2) is 12.2. The number of hydrogen-bond donors (Lipinski definition) is 1. The molecule has 210 valence electrons. The first-order valence-electron chi connectivity index (χ1n) is 14.8. The van der Waals surface area contributed by atoms with Crippen LogP contribution in [0.5, 0.6) is 0 Å². The van der Waals surface area contributed by atoms with Gasteiger partial charge in [0.15, 0.2) is 5.76 Å². The Balaban J connectivity index is 1.76. The molecule has 1 aliphatic carbocycles. The van der Waals surface area contributed by atoms with Crippen molar-refractivity contribution in [1.82, 2.24) is 10.3 Å². The molecule has 1 heterocycles. The van der Waals surface area contributed by atoms with Gasteiger partial charge in [0.05, 0.1) is 0 Å². The predicted octanol–water partition coefficient (Wildman–Crippen LogP) is 10.1. The summed E-state index contributed by atoms with van der Waals surface area (Å²) < 4.78 is 6.85. The Morgan fingerprint density at radius 2 is 1.39 bits per heavy atom. The predicted molar refractivity (Wildman–Crippen MR) is 172 cm³/mol. The third-order valence-corrected chi connectivity index (χ3v) is 7.97. The van der Waals surface area contributed by atoms with Crippen molar-refractivity contribution in [3.8, 4) is 22.6 Å². The van der Waals surface area contributed by atoms with Crippen LogP contribution in [-0.4, -0.2) is 4.98 Å². The van der Waals surface area contributed by atoms with Gasteiger partial charge in [0.1, 0.15) is 11.7 Å². The Morgan fingerprint density at radius 3 is 1.98 bits per heavy atom. The number of allylic oxidation sites excluding steroid dienone is 5. The summed E-state index contributed by atoms with van der Waals surface area (Å²) in [5, 5.41) is 4.05. The summed E-state index contributed by atoms with van der Waals surface area (Å²) in [5.41, 5.74) is 11.8. The average Bonchev–Trinajstić information content (AvgIpc) is 3.27. The van der Waals surface area contributed by atoms with Crippen LogP contribution >= 0.6 is 0 Å². The van der Waals surface area contributed by atoms with Crippen LogP contribution in [0.15, 0.2) is 112 Å². The van der Waals surface area contributed by atoms with E-state index in [0.29, 0.717) is 17.7 Å². The van der Waals surface area contributed by atoms with E-state index in [-0.39, 0.29) is 6.04 Å². The zero-order valence-electron chi connectivity index (χ0n) is 25.5. The highest BCUT2D eigenvalue weighted by Crippen LogP contribution is 2.39. The van der Waals surface area contributed by atoms with Crippen molar-refractivity contribution in [3.63, 3.8) is 0 Å². The molecule has 5 rings (SSSR count). The molecule has 1 atom stereocenters. The molecule has 3 heteroatoms. The monoisotopic (exact) mass is 542 g/mol. The second-order valence-corrected chi connectivity index (χ2v) is 11.8. The minimum Gasteiger partial charge on any atom is -0.437 e. The highest BCUT2D eigenvalue weighted by molar-refractivity contribution is 5.77. The van der Waals surface area contributed by atoms with Gasteiger partial charge in [0.25, 0.3) is 0 Å². The van der Waals surface area contributed by atoms with Gasteiger partial charge in [0, 0.05) is 16.8 Å². The van der Waals surface area contributed by atoms with E-state index >= 15 is 0 Å². The van der Waals surface area contributed by atoms with Gasteiger partial charge >= 0.3 is 0 Å². The highest BCUT2D eigenvalue weighted by Gasteiger charge is 2.30. The third kappa shape index (κ3) is 6.00. The van der Waals surface area contributed by atoms with Crippen LogP contribution in [0.4, 0.5) is 0 Å². The quantitative estimate of drug-likeness (QED) is 0.241. The molecule has 0 saturated heterocycles. The SMILES string of the molecule is Cc1cc(C)c(C(NC2=C(C(C)C)CC=CC=C2C(C)C)c2nc(-c3ccccc3)c(-c3ccccc3)o2)c(C)c1. The molecule has 1 aliphatic rings. The van der Waals surface area contributed by atoms with Gasteiger partial charge in [-0.15, -0.1) is 0 Å². The van der Waals surface area contributed by atoms with Crippen LogP contribution in [0.25, 0.3) is 22.6 Å². The van der Waals surface area contributed by atoms with E-state index in [1.165, 1.54) is 39.1 Å². The highest BCUT2D eigenvalue weighted by atomic mass is 16.4. The second-order valence-electron chi connectivity index (χ2n) is 11.8. The maximum atomic E-state index is 6.85. The van der Waals surface area contributed by atoms with E-state index in [9.17, 15) is 0 Å². The van der Waals surface area contributed by atoms with Gasteiger partial charge in [-0.3, -0.25) is 0 Å². The largest absolute Gasteiger partial charge is 0.437 e. The van der Waals surface area contributed by atoms with Crippen molar-refractivity contribution in [2.45, 2.75) is 60.9 Å². The standard InChI is InChI=1S/C38H42N2O/c1-24(2)31-20-14-15-21-32(25(3)4)35(31)39-36(33-27(6)22-26(5)23-28(33)7)38-40-34(29-16-10-8-11-17-29)37(41-38)30-18-12-9-13-19-30/h8-20,22-25,36,39H,21H2,1-7H3. The third-order valence-electron chi connectivity index (χ3n) is 7.97. The Hall–Kier alpha value is -4.11. The first-order chi connectivity index (χ1) is 19.7. The Bertz CT molecular complexity index is 1520. The van der Waals surface area contributed by atoms with Gasteiger partial charge in [-0.2, -0.15) is 0 Å². The molecule has 0 saturated carbocycles. The minimum atomic E-state index is -0.264. The minimum absolute atomic E-state index is 0.264. The summed E-state index contributed by atoms with van der Waals surface area (Å²) in [6, 6.07) is 25.0. The van der Waals surface area contributed by atoms with E-state index in [0.717, 1.165) is 29.0 Å². The van der Waals surface area contributed by atoms with E-state index in [1.807, 2.05) is 24.3 Å². The summed E-state index contributed by atoms with van der Waals surface area (Å²) in [7, 11) is 0. The lowest BCUT2D eigenvalue weighted by atomic mass is 9.89. The number of hydrogen-bond acceptors (Lipinski definition) is 3. The number of nitrogens with zero attached hydrogens (tertiary/aromatic N) is 1. The van der Waals surface area contributed by atoms with Crippen LogP contribution < -0.4 is 5.32 Å². The van der Waals surface area contributed by atoms with Crippen molar-refractivity contribution in [1.29, 1.82) is 0 Å². The Morgan fingerprint density at radius 1 is 0.780 bits per heavy atom. The molecule has 0 fully saturated rings. The van der Waals surface area contributed by atoms with Crippen LogP contribution in [0, 0.1) is 32.6 Å². The first kappa shape index (κ1) is 28.4. The lowest BCUT2D eigenvalue weighted by Gasteiger charge is -2.28. The number of nitrogens with one attached hydrogen (secondary N) is 1. The van der Waals surface area contributed by atoms with Gasteiger partial charge in [-0.1, -0.05) is 124 Å². The van der Waals surface area contributed by atoms with E-state index in [1.54, 1.807) is 0 Å². The van der Waals surface area contributed by atoms with Crippen LogP contribution in [0.2, 0.25) is 0 Å². The molecule has 1 aromatic heterocycles. The summed E-state index contributed by atoms with van der Waals surface area (Å²) in [6.07, 6.45) is 7.67. The van der Waals surface area contributed by atoms with Gasteiger partial charge in [-0.25, -0.2) is 4.98 Å². The molecule has 4 aromatic rings. The van der Waals surface area contributed by atoms with Crippen LogP contribution in [0.3, 0.4) is 0 Å². The molecule has 3 nitrogen and oxygen atoms in total. The van der Waals surface area contributed by atoms with Crippen LogP contribution in [0.1, 0.15) is 68.3 Å². The molecule has 1 unspecified atom stereocenters. The lowest BCUT2D eigenvalue weighted by Crippen LogP contribution is -2.28. The van der Waals surface area contributed by atoms with Crippen LogP contribution in [-0.2, 0) is 0 Å². The number of aromatic nitrogens is 1. The van der Waals surface area contributed by atoms with Crippen molar-refractivity contribution in [3.05, 3.63) is 136 Å². The fourth-order valence-electron chi connectivity index (χ4n) is 6.00. The summed E-state index contributed by atoms with van der Waals surface area (Å²) in [6.45, 7) is 15.7. The Kier molecular flexibility index (Phi) is 8.44. The van der Waals surface area contributed by atoms with Crippen molar-refractivity contribution >= 4 is 0 Å². The number of oxazole rings is 1. The number of aryl methyl sites for hydroxylation is 3. The zero-order valence-corrected chi connectivity index (χ0v) is 25.5. The molecule has 41 heavy (non-hydrogen) atoms. The molecule has 0 spiro atoms.